The average molecular weight is 383 g/mol. The van der Waals surface area contributed by atoms with Gasteiger partial charge in [-0.05, 0) is 43.9 Å². The first-order valence-electron chi connectivity index (χ1n) is 10.1. The van der Waals surface area contributed by atoms with Crippen molar-refractivity contribution in [2.24, 2.45) is 17.6 Å². The molecule has 3 rings (SSSR count). The fourth-order valence-corrected chi connectivity index (χ4v) is 4.12. The molecule has 0 radical (unpaired) electrons. The van der Waals surface area contributed by atoms with Crippen molar-refractivity contribution >= 4 is 28.3 Å². The fraction of sp³-hybridized carbons (Fsp3) is 0.500. The van der Waals surface area contributed by atoms with Crippen LogP contribution in [0, 0.1) is 11.8 Å². The van der Waals surface area contributed by atoms with Gasteiger partial charge in [-0.15, -0.1) is 0 Å². The Labute approximate surface area is 165 Å². The number of amides is 2. The van der Waals surface area contributed by atoms with Gasteiger partial charge in [0, 0.05) is 28.6 Å². The molecule has 1 fully saturated rings. The Hall–Kier alpha value is -2.63. The quantitative estimate of drug-likeness (QED) is 0.773. The summed E-state index contributed by atoms with van der Waals surface area (Å²) in [6, 6.07) is 6.27. The van der Waals surface area contributed by atoms with E-state index in [1.165, 1.54) is 30.3 Å². The number of benzene rings is 1. The lowest BCUT2D eigenvalue weighted by atomic mass is 9.87. The van der Waals surface area contributed by atoms with Gasteiger partial charge in [0.2, 0.25) is 11.8 Å². The third-order valence-electron chi connectivity index (χ3n) is 6.08. The van der Waals surface area contributed by atoms with Crippen LogP contribution in [0.3, 0.4) is 0 Å². The van der Waals surface area contributed by atoms with Crippen LogP contribution in [0.1, 0.15) is 58.4 Å². The highest BCUT2D eigenvalue weighted by Gasteiger charge is 2.25. The number of hydrogen-bond donors (Lipinski definition) is 2. The molecule has 2 amide bonds. The molecular weight excluding hydrogens is 354 g/mol. The van der Waals surface area contributed by atoms with Crippen molar-refractivity contribution < 1.29 is 9.59 Å². The lowest BCUT2D eigenvalue weighted by molar-refractivity contribution is -0.121. The summed E-state index contributed by atoms with van der Waals surface area (Å²) < 4.78 is 1.32. The van der Waals surface area contributed by atoms with E-state index in [9.17, 15) is 14.4 Å². The van der Waals surface area contributed by atoms with Crippen LogP contribution < -0.4 is 16.6 Å². The first kappa shape index (κ1) is 20.1. The van der Waals surface area contributed by atoms with E-state index in [0.717, 1.165) is 12.8 Å². The molecule has 1 heterocycles. The number of carbonyl (C=O) groups excluding carboxylic acids is 2. The molecule has 0 bridgehead atoms. The van der Waals surface area contributed by atoms with Crippen LogP contribution in [0.2, 0.25) is 0 Å². The van der Waals surface area contributed by atoms with Gasteiger partial charge in [-0.2, -0.15) is 0 Å². The average Bonchev–Trinajstić information content (AvgIpc) is 2.97. The number of anilines is 1. The Kier molecular flexibility index (Phi) is 6.17. The van der Waals surface area contributed by atoms with Gasteiger partial charge in [0.25, 0.3) is 5.56 Å². The number of pyridine rings is 1. The Morgan fingerprint density at radius 2 is 1.75 bits per heavy atom. The van der Waals surface area contributed by atoms with E-state index in [0.29, 0.717) is 22.4 Å². The van der Waals surface area contributed by atoms with Crippen LogP contribution in [0.15, 0.2) is 35.3 Å². The maximum Gasteiger partial charge on any atom is 0.259 e. The van der Waals surface area contributed by atoms with Crippen molar-refractivity contribution in [1.29, 1.82) is 0 Å². The number of carbonyl (C=O) groups is 2. The number of nitrogens with two attached hydrogens (primary N) is 1. The second-order valence-electron chi connectivity index (χ2n) is 7.90. The monoisotopic (exact) mass is 383 g/mol. The van der Waals surface area contributed by atoms with Crippen LogP contribution in [-0.2, 0) is 9.59 Å². The zero-order valence-corrected chi connectivity index (χ0v) is 16.6. The SMILES string of the molecule is C[C@H](C(=O)Nc1cccc2c(=O)n([C@H](C)C(N)=O)ccc12)C1CCCCCC1. The topological polar surface area (TPSA) is 94.2 Å². The maximum atomic E-state index is 12.9. The van der Waals surface area contributed by atoms with E-state index >= 15 is 0 Å². The minimum absolute atomic E-state index is 0.00548. The summed E-state index contributed by atoms with van der Waals surface area (Å²) in [5.41, 5.74) is 5.67. The molecule has 1 aliphatic rings. The van der Waals surface area contributed by atoms with Gasteiger partial charge in [0.15, 0.2) is 0 Å². The van der Waals surface area contributed by atoms with Gasteiger partial charge in [-0.25, -0.2) is 0 Å². The number of fused-ring (bicyclic) bond motifs is 1. The van der Waals surface area contributed by atoms with Gasteiger partial charge < -0.3 is 15.6 Å². The number of aromatic nitrogens is 1. The molecular formula is C22H29N3O3. The molecule has 6 nitrogen and oxygen atoms in total. The standard InChI is InChI=1S/C22H29N3O3/c1-14(16-8-5-3-4-6-9-16)21(27)24-19-11-7-10-18-17(19)12-13-25(22(18)28)15(2)20(23)26/h7,10-16H,3-6,8-9H2,1-2H3,(H2,23,26)(H,24,27)/t14-,15+/m0/s1. The Bertz CT molecular complexity index is 926. The minimum Gasteiger partial charge on any atom is -0.368 e. The minimum atomic E-state index is -0.731. The zero-order chi connectivity index (χ0) is 20.3. The predicted molar refractivity (Wildman–Crippen MR) is 111 cm³/mol. The van der Waals surface area contributed by atoms with Gasteiger partial charge >= 0.3 is 0 Å². The number of rotatable bonds is 5. The van der Waals surface area contributed by atoms with Gasteiger partial charge in [0.1, 0.15) is 6.04 Å². The Morgan fingerprint density at radius 1 is 1.07 bits per heavy atom. The molecule has 0 aliphatic heterocycles. The van der Waals surface area contributed by atoms with E-state index in [4.69, 9.17) is 5.73 Å². The molecule has 6 heteroatoms. The van der Waals surface area contributed by atoms with Crippen molar-refractivity contribution in [3.05, 3.63) is 40.8 Å². The molecule has 150 valence electrons. The normalized spacial score (nSPS) is 17.6. The number of nitrogens with zero attached hydrogens (tertiary/aromatic N) is 1. The van der Waals surface area contributed by atoms with E-state index in [-0.39, 0.29) is 17.4 Å². The molecule has 1 aromatic carbocycles. The first-order valence-corrected chi connectivity index (χ1v) is 10.1. The lowest BCUT2D eigenvalue weighted by Gasteiger charge is -2.22. The van der Waals surface area contributed by atoms with Crippen molar-refractivity contribution in [3.63, 3.8) is 0 Å². The summed E-state index contributed by atoms with van der Waals surface area (Å²) >= 11 is 0. The number of hydrogen-bond acceptors (Lipinski definition) is 3. The molecule has 1 aromatic heterocycles. The molecule has 0 saturated heterocycles. The number of nitrogens with one attached hydrogen (secondary N) is 1. The summed E-state index contributed by atoms with van der Waals surface area (Å²) in [5, 5.41) is 4.14. The third kappa shape index (κ3) is 4.11. The van der Waals surface area contributed by atoms with Gasteiger partial charge in [-0.3, -0.25) is 14.4 Å². The molecule has 2 atom stereocenters. The molecule has 1 saturated carbocycles. The van der Waals surface area contributed by atoms with Crippen molar-refractivity contribution in [2.75, 3.05) is 5.32 Å². The highest BCUT2D eigenvalue weighted by atomic mass is 16.2. The van der Waals surface area contributed by atoms with Crippen LogP contribution in [-0.4, -0.2) is 16.4 Å². The second kappa shape index (κ2) is 8.59. The highest BCUT2D eigenvalue weighted by Crippen LogP contribution is 2.30. The summed E-state index contributed by atoms with van der Waals surface area (Å²) in [6.07, 6.45) is 8.64. The highest BCUT2D eigenvalue weighted by molar-refractivity contribution is 6.02. The van der Waals surface area contributed by atoms with Crippen LogP contribution in [0.25, 0.3) is 10.8 Å². The largest absolute Gasteiger partial charge is 0.368 e. The van der Waals surface area contributed by atoms with Gasteiger partial charge in [-0.1, -0.05) is 38.7 Å². The van der Waals surface area contributed by atoms with E-state index < -0.39 is 11.9 Å². The fourth-order valence-electron chi connectivity index (χ4n) is 4.12. The second-order valence-corrected chi connectivity index (χ2v) is 7.90. The molecule has 1 aliphatic carbocycles. The predicted octanol–water partition coefficient (Wildman–Crippen LogP) is 3.59. The van der Waals surface area contributed by atoms with E-state index in [1.54, 1.807) is 37.4 Å². The first-order chi connectivity index (χ1) is 13.4. The smallest absolute Gasteiger partial charge is 0.259 e. The van der Waals surface area contributed by atoms with Crippen LogP contribution in [0.4, 0.5) is 5.69 Å². The van der Waals surface area contributed by atoms with Crippen molar-refractivity contribution in [3.8, 4) is 0 Å². The van der Waals surface area contributed by atoms with Crippen LogP contribution in [0.5, 0.6) is 0 Å². The van der Waals surface area contributed by atoms with Crippen LogP contribution >= 0.6 is 0 Å². The Balaban J connectivity index is 1.87. The molecule has 0 spiro atoms. The summed E-state index contributed by atoms with van der Waals surface area (Å²) in [6.45, 7) is 3.59. The molecule has 28 heavy (non-hydrogen) atoms. The van der Waals surface area contributed by atoms with Gasteiger partial charge in [0.05, 0.1) is 0 Å². The summed E-state index contributed by atoms with van der Waals surface area (Å²) in [5.74, 6) is -0.230. The maximum absolute atomic E-state index is 12.9. The van der Waals surface area contributed by atoms with E-state index in [1.807, 2.05) is 6.92 Å². The van der Waals surface area contributed by atoms with Crippen molar-refractivity contribution in [1.82, 2.24) is 4.57 Å². The lowest BCUT2D eigenvalue weighted by Crippen LogP contribution is -2.32. The molecule has 0 unspecified atom stereocenters. The number of primary amides is 1. The third-order valence-corrected chi connectivity index (χ3v) is 6.08. The van der Waals surface area contributed by atoms with Crippen molar-refractivity contribution in [2.45, 2.75) is 58.4 Å². The zero-order valence-electron chi connectivity index (χ0n) is 16.6. The van der Waals surface area contributed by atoms with E-state index in [2.05, 4.69) is 5.32 Å². The molecule has 3 N–H and O–H groups in total. The Morgan fingerprint density at radius 3 is 2.39 bits per heavy atom. The summed E-state index contributed by atoms with van der Waals surface area (Å²) in [4.78, 5) is 37.1. The summed E-state index contributed by atoms with van der Waals surface area (Å²) in [7, 11) is 0. The molecule has 2 aromatic rings.